The van der Waals surface area contributed by atoms with E-state index in [2.05, 4.69) is 16.6 Å². The summed E-state index contributed by atoms with van der Waals surface area (Å²) in [6, 6.07) is 0. The lowest BCUT2D eigenvalue weighted by Crippen LogP contribution is -1.65. The molecule has 0 saturated carbocycles. The van der Waals surface area contributed by atoms with E-state index < -0.39 is 6.64 Å². The van der Waals surface area contributed by atoms with Gasteiger partial charge in [0.25, 0.3) is 0 Å². The normalized spacial score (nSPS) is 10.0. The van der Waals surface area contributed by atoms with Crippen molar-refractivity contribution in [1.29, 1.82) is 0 Å². The molecule has 0 aliphatic rings. The summed E-state index contributed by atoms with van der Waals surface area (Å²) >= 11 is 3.88. The molecule has 0 bridgehead atoms. The van der Waals surface area contributed by atoms with Crippen molar-refractivity contribution in [3.63, 3.8) is 0 Å². The maximum atomic E-state index is 9.17. The van der Waals surface area contributed by atoms with E-state index in [1.165, 1.54) is 0 Å². The Bertz CT molecular complexity index is 143. The van der Waals surface area contributed by atoms with Gasteiger partial charge in [0.2, 0.25) is 6.08 Å². The van der Waals surface area contributed by atoms with Crippen LogP contribution in [0.4, 0.5) is 0 Å². The first-order valence-electron chi connectivity index (χ1n) is 1.21. The minimum absolute atomic E-state index is 0.928. The minimum Gasteiger partial charge on any atom is -0.328 e. The molecule has 0 rings (SSSR count). The monoisotopic (exact) mass is 139 g/mol. The molecule has 0 radical (unpaired) electrons. The second-order valence-corrected chi connectivity index (χ2v) is 3.40. The van der Waals surface area contributed by atoms with Gasteiger partial charge < -0.3 is 9.79 Å². The topological polar surface area (TPSA) is 69.9 Å². The van der Waals surface area contributed by atoms with Crippen molar-refractivity contribution in [3.05, 3.63) is 0 Å². The summed E-state index contributed by atoms with van der Waals surface area (Å²) in [7, 11) is 0. The SMILES string of the molecule is O=C=NP(O)(O)=S. The molecule has 0 amide bonds. The Morgan fingerprint density at radius 2 is 2.14 bits per heavy atom. The number of carbonyl (C=O) groups excluding carboxylic acids is 1. The molecule has 0 atom stereocenters. The second kappa shape index (κ2) is 2.31. The summed E-state index contributed by atoms with van der Waals surface area (Å²) in [5.74, 6) is 0. The maximum Gasteiger partial charge on any atom is 0.314 e. The van der Waals surface area contributed by atoms with Crippen LogP contribution in [0, 0.1) is 0 Å². The summed E-state index contributed by atoms with van der Waals surface area (Å²) in [5, 5.41) is 0. The molecule has 0 aliphatic carbocycles. The molecule has 0 aromatic heterocycles. The number of hydrogen-bond donors (Lipinski definition) is 2. The average molecular weight is 139 g/mol. The summed E-state index contributed by atoms with van der Waals surface area (Å²) in [6.45, 7) is -3.63. The fraction of sp³-hybridized carbons (Fsp3) is 0. The highest BCUT2D eigenvalue weighted by molar-refractivity contribution is 8.08. The van der Waals surface area contributed by atoms with Crippen molar-refractivity contribution in [2.75, 3.05) is 0 Å². The van der Waals surface area contributed by atoms with Crippen LogP contribution in [0.25, 0.3) is 0 Å². The van der Waals surface area contributed by atoms with E-state index in [0.29, 0.717) is 0 Å². The van der Waals surface area contributed by atoms with Crippen LogP contribution < -0.4 is 0 Å². The summed E-state index contributed by atoms with van der Waals surface area (Å²) in [5.41, 5.74) is 0. The number of isocyanates is 1. The Hall–Kier alpha value is -0.0500. The first-order valence-corrected chi connectivity index (χ1v) is 3.87. The van der Waals surface area contributed by atoms with Crippen molar-refractivity contribution < 1.29 is 14.6 Å². The molecule has 0 heterocycles. The van der Waals surface area contributed by atoms with E-state index in [1.54, 1.807) is 0 Å². The Morgan fingerprint density at radius 1 is 1.71 bits per heavy atom. The van der Waals surface area contributed by atoms with E-state index in [4.69, 9.17) is 14.6 Å². The smallest absolute Gasteiger partial charge is 0.314 e. The van der Waals surface area contributed by atoms with E-state index in [-0.39, 0.29) is 0 Å². The molecule has 0 aromatic carbocycles. The van der Waals surface area contributed by atoms with E-state index in [0.717, 1.165) is 6.08 Å². The largest absolute Gasteiger partial charge is 0.328 e. The molecule has 6 heteroatoms. The molecule has 0 unspecified atom stereocenters. The van der Waals surface area contributed by atoms with E-state index >= 15 is 0 Å². The molecule has 0 spiro atoms. The molecule has 40 valence electrons. The van der Waals surface area contributed by atoms with Crippen LogP contribution in [-0.2, 0) is 16.6 Å². The van der Waals surface area contributed by atoms with Crippen molar-refractivity contribution in [3.8, 4) is 0 Å². The third-order valence-electron chi connectivity index (χ3n) is 0.171. The quantitative estimate of drug-likeness (QED) is 0.292. The second-order valence-electron chi connectivity index (χ2n) is 0.705. The van der Waals surface area contributed by atoms with Gasteiger partial charge >= 0.3 is 6.64 Å². The van der Waals surface area contributed by atoms with E-state index in [9.17, 15) is 0 Å². The molecular weight excluding hydrogens is 137 g/mol. The predicted octanol–water partition coefficient (Wildman–Crippen LogP) is -0.469. The van der Waals surface area contributed by atoms with Gasteiger partial charge in [-0.15, -0.1) is 4.76 Å². The number of nitrogens with zero attached hydrogens (tertiary/aromatic N) is 1. The zero-order valence-electron chi connectivity index (χ0n) is 3.11. The lowest BCUT2D eigenvalue weighted by molar-refractivity contribution is 0.480. The van der Waals surface area contributed by atoms with E-state index in [1.807, 2.05) is 0 Å². The van der Waals surface area contributed by atoms with Gasteiger partial charge in [0.1, 0.15) is 0 Å². The Morgan fingerprint density at radius 3 is 2.14 bits per heavy atom. The molecule has 0 aromatic rings. The van der Waals surface area contributed by atoms with Gasteiger partial charge in [-0.2, -0.15) is 0 Å². The Balaban J connectivity index is 4.10. The minimum atomic E-state index is -3.63. The highest BCUT2D eigenvalue weighted by Crippen LogP contribution is 2.35. The van der Waals surface area contributed by atoms with Crippen molar-refractivity contribution in [1.82, 2.24) is 0 Å². The van der Waals surface area contributed by atoms with Crippen molar-refractivity contribution >= 4 is 24.5 Å². The molecule has 2 N–H and O–H groups in total. The van der Waals surface area contributed by atoms with Gasteiger partial charge in [-0.25, -0.2) is 4.79 Å². The van der Waals surface area contributed by atoms with Crippen LogP contribution in [0.1, 0.15) is 0 Å². The van der Waals surface area contributed by atoms with Gasteiger partial charge in [-0.1, -0.05) is 0 Å². The Kier molecular flexibility index (Phi) is 2.29. The Labute approximate surface area is 44.7 Å². The van der Waals surface area contributed by atoms with Crippen molar-refractivity contribution in [2.24, 2.45) is 4.76 Å². The maximum absolute atomic E-state index is 9.17. The third kappa shape index (κ3) is 5.95. The van der Waals surface area contributed by atoms with Crippen molar-refractivity contribution in [2.45, 2.75) is 0 Å². The predicted molar refractivity (Wildman–Crippen MR) is 26.8 cm³/mol. The molecular formula is CH2NO3PS. The van der Waals surface area contributed by atoms with Gasteiger partial charge in [0.05, 0.1) is 0 Å². The fourth-order valence-electron chi connectivity index (χ4n) is 0.0532. The van der Waals surface area contributed by atoms with Gasteiger partial charge in [0.15, 0.2) is 0 Å². The molecule has 0 fully saturated rings. The highest BCUT2D eigenvalue weighted by atomic mass is 32.5. The van der Waals surface area contributed by atoms with Gasteiger partial charge in [0, 0.05) is 0 Å². The van der Waals surface area contributed by atoms with Gasteiger partial charge in [-0.05, 0) is 11.8 Å². The lowest BCUT2D eigenvalue weighted by atomic mass is 11.7. The van der Waals surface area contributed by atoms with Crippen LogP contribution >= 0.6 is 6.64 Å². The molecule has 0 saturated heterocycles. The average Bonchev–Trinajstić information content (AvgIpc) is 1.30. The fourth-order valence-corrected chi connectivity index (χ4v) is 0.260. The van der Waals surface area contributed by atoms with Crippen LogP contribution in [0.15, 0.2) is 4.76 Å². The third-order valence-corrected chi connectivity index (χ3v) is 0.758. The van der Waals surface area contributed by atoms with Crippen LogP contribution in [0.5, 0.6) is 0 Å². The molecule has 4 nitrogen and oxygen atoms in total. The molecule has 7 heavy (non-hydrogen) atoms. The van der Waals surface area contributed by atoms with Gasteiger partial charge in [-0.3, -0.25) is 0 Å². The number of rotatable bonds is 1. The first kappa shape index (κ1) is 6.95. The first-order chi connectivity index (χ1) is 3.06. The van der Waals surface area contributed by atoms with Crippen LogP contribution in [0.3, 0.4) is 0 Å². The molecule has 0 aliphatic heterocycles. The zero-order chi connectivity index (χ0) is 5.91. The number of hydrogen-bond acceptors (Lipinski definition) is 2. The van der Waals surface area contributed by atoms with Crippen LogP contribution in [0.2, 0.25) is 0 Å². The highest BCUT2D eigenvalue weighted by Gasteiger charge is 1.99. The lowest BCUT2D eigenvalue weighted by Gasteiger charge is -1.89. The standard InChI is InChI=1S/CH2NO3PS/c3-1-2-6(4,5)7/h(H2,4,5,7). The van der Waals surface area contributed by atoms with Crippen LogP contribution in [-0.4, -0.2) is 15.9 Å². The zero-order valence-corrected chi connectivity index (χ0v) is 4.82. The summed E-state index contributed by atoms with van der Waals surface area (Å²) < 4.78 is 2.49. The summed E-state index contributed by atoms with van der Waals surface area (Å²) in [4.78, 5) is 25.3. The summed E-state index contributed by atoms with van der Waals surface area (Å²) in [6.07, 6.45) is 0.928.